The number of ether oxygens (including phenoxy) is 2. The molecule has 2 rings (SSSR count). The standard InChI is InChI=1S/C16H21N3O2/c1-4-8-17-15-6-5-7-16(19-15)18-12-9-13(20-2)11-14(10-12)21-3/h5-7,9-11H,4,8H2,1-3H3,(H2,17,18,19). The van der Waals surface area contributed by atoms with Crippen LogP contribution < -0.4 is 20.1 Å². The lowest BCUT2D eigenvalue weighted by atomic mass is 10.2. The molecule has 0 bridgehead atoms. The first-order chi connectivity index (χ1) is 10.2. The number of hydrogen-bond donors (Lipinski definition) is 2. The van der Waals surface area contributed by atoms with Crippen LogP contribution >= 0.6 is 0 Å². The highest BCUT2D eigenvalue weighted by molar-refractivity contribution is 5.62. The quantitative estimate of drug-likeness (QED) is 0.814. The molecule has 21 heavy (non-hydrogen) atoms. The van der Waals surface area contributed by atoms with Crippen molar-refractivity contribution in [2.45, 2.75) is 13.3 Å². The van der Waals surface area contributed by atoms with Gasteiger partial charge in [-0.3, -0.25) is 0 Å². The lowest BCUT2D eigenvalue weighted by Gasteiger charge is -2.11. The number of hydrogen-bond acceptors (Lipinski definition) is 5. The molecule has 5 nitrogen and oxygen atoms in total. The summed E-state index contributed by atoms with van der Waals surface area (Å²) < 4.78 is 10.5. The van der Waals surface area contributed by atoms with Gasteiger partial charge in [-0.1, -0.05) is 13.0 Å². The molecule has 2 N–H and O–H groups in total. The number of aromatic nitrogens is 1. The maximum atomic E-state index is 5.26. The molecule has 0 aliphatic carbocycles. The van der Waals surface area contributed by atoms with Gasteiger partial charge in [0.15, 0.2) is 0 Å². The molecule has 0 amide bonds. The first kappa shape index (κ1) is 15.0. The normalized spacial score (nSPS) is 10.0. The minimum atomic E-state index is 0.733. The predicted molar refractivity (Wildman–Crippen MR) is 85.8 cm³/mol. The third kappa shape index (κ3) is 4.27. The number of pyridine rings is 1. The zero-order valence-electron chi connectivity index (χ0n) is 12.6. The fourth-order valence-corrected chi connectivity index (χ4v) is 1.88. The molecule has 0 atom stereocenters. The molecule has 0 fully saturated rings. The van der Waals surface area contributed by atoms with Crippen LogP contribution in [0.5, 0.6) is 11.5 Å². The van der Waals surface area contributed by atoms with Gasteiger partial charge >= 0.3 is 0 Å². The lowest BCUT2D eigenvalue weighted by molar-refractivity contribution is 0.395. The van der Waals surface area contributed by atoms with Crippen LogP contribution in [0, 0.1) is 0 Å². The number of rotatable bonds is 7. The van der Waals surface area contributed by atoms with Gasteiger partial charge in [-0.05, 0) is 18.6 Å². The van der Waals surface area contributed by atoms with E-state index in [1.165, 1.54) is 0 Å². The van der Waals surface area contributed by atoms with E-state index in [4.69, 9.17) is 9.47 Å². The summed E-state index contributed by atoms with van der Waals surface area (Å²) >= 11 is 0. The van der Waals surface area contributed by atoms with Gasteiger partial charge in [-0.15, -0.1) is 0 Å². The monoisotopic (exact) mass is 287 g/mol. The van der Waals surface area contributed by atoms with Gasteiger partial charge in [0.25, 0.3) is 0 Å². The summed E-state index contributed by atoms with van der Waals surface area (Å²) in [7, 11) is 3.26. The Balaban J connectivity index is 2.17. The van der Waals surface area contributed by atoms with E-state index in [2.05, 4.69) is 22.5 Å². The molecule has 5 heteroatoms. The van der Waals surface area contributed by atoms with Crippen LogP contribution in [-0.2, 0) is 0 Å². The highest BCUT2D eigenvalue weighted by Crippen LogP contribution is 2.27. The highest BCUT2D eigenvalue weighted by atomic mass is 16.5. The second-order valence-corrected chi connectivity index (χ2v) is 4.56. The van der Waals surface area contributed by atoms with Gasteiger partial charge in [-0.25, -0.2) is 4.98 Å². The molecule has 0 aliphatic heterocycles. The van der Waals surface area contributed by atoms with Crippen molar-refractivity contribution in [3.05, 3.63) is 36.4 Å². The molecule has 1 heterocycles. The van der Waals surface area contributed by atoms with Gasteiger partial charge in [0.1, 0.15) is 23.1 Å². The van der Waals surface area contributed by atoms with Gasteiger partial charge in [0.2, 0.25) is 0 Å². The van der Waals surface area contributed by atoms with Crippen LogP contribution in [0.3, 0.4) is 0 Å². The van der Waals surface area contributed by atoms with E-state index in [1.807, 2.05) is 36.4 Å². The largest absolute Gasteiger partial charge is 0.497 e. The molecule has 0 aliphatic rings. The Morgan fingerprint density at radius 2 is 1.67 bits per heavy atom. The van der Waals surface area contributed by atoms with E-state index in [0.717, 1.165) is 41.8 Å². The Morgan fingerprint density at radius 3 is 2.29 bits per heavy atom. The van der Waals surface area contributed by atoms with Crippen LogP contribution in [-0.4, -0.2) is 25.7 Å². The smallest absolute Gasteiger partial charge is 0.132 e. The molecule has 112 valence electrons. The van der Waals surface area contributed by atoms with Gasteiger partial charge < -0.3 is 20.1 Å². The summed E-state index contributed by atoms with van der Waals surface area (Å²) in [5.41, 5.74) is 0.867. The van der Waals surface area contributed by atoms with Crippen LogP contribution in [0.15, 0.2) is 36.4 Å². The lowest BCUT2D eigenvalue weighted by Crippen LogP contribution is -2.03. The number of nitrogens with zero attached hydrogens (tertiary/aromatic N) is 1. The van der Waals surface area contributed by atoms with Crippen molar-refractivity contribution in [1.82, 2.24) is 4.98 Å². The minimum absolute atomic E-state index is 0.733. The van der Waals surface area contributed by atoms with Crippen LogP contribution in [0.25, 0.3) is 0 Å². The number of nitrogens with one attached hydrogen (secondary N) is 2. The molecule has 1 aromatic carbocycles. The van der Waals surface area contributed by atoms with E-state index in [9.17, 15) is 0 Å². The first-order valence-electron chi connectivity index (χ1n) is 6.96. The second kappa shape index (κ2) is 7.38. The molecule has 0 spiro atoms. The fraction of sp³-hybridized carbons (Fsp3) is 0.312. The summed E-state index contributed by atoms with van der Waals surface area (Å²) in [5.74, 6) is 3.09. The van der Waals surface area contributed by atoms with Crippen molar-refractivity contribution < 1.29 is 9.47 Å². The van der Waals surface area contributed by atoms with Crippen LogP contribution in [0.2, 0.25) is 0 Å². The second-order valence-electron chi connectivity index (χ2n) is 4.56. The molecule has 0 radical (unpaired) electrons. The summed E-state index contributed by atoms with van der Waals surface area (Å²) in [6.45, 7) is 3.03. The molecule has 0 unspecified atom stereocenters. The average Bonchev–Trinajstić information content (AvgIpc) is 2.52. The predicted octanol–water partition coefficient (Wildman–Crippen LogP) is 3.66. The first-order valence-corrected chi connectivity index (χ1v) is 6.96. The summed E-state index contributed by atoms with van der Waals surface area (Å²) in [6, 6.07) is 11.5. The zero-order valence-corrected chi connectivity index (χ0v) is 12.6. The van der Waals surface area contributed by atoms with E-state index in [0.29, 0.717) is 0 Å². The molecule has 1 aromatic heterocycles. The van der Waals surface area contributed by atoms with E-state index >= 15 is 0 Å². The van der Waals surface area contributed by atoms with E-state index < -0.39 is 0 Å². The van der Waals surface area contributed by atoms with Gasteiger partial charge in [-0.2, -0.15) is 0 Å². The van der Waals surface area contributed by atoms with Gasteiger partial charge in [0, 0.05) is 30.4 Å². The summed E-state index contributed by atoms with van der Waals surface area (Å²) in [5, 5.41) is 6.52. The minimum Gasteiger partial charge on any atom is -0.497 e. The van der Waals surface area contributed by atoms with Gasteiger partial charge in [0.05, 0.1) is 14.2 Å². The van der Waals surface area contributed by atoms with Crippen LogP contribution in [0.1, 0.15) is 13.3 Å². The summed E-state index contributed by atoms with van der Waals surface area (Å²) in [4.78, 5) is 4.51. The summed E-state index contributed by atoms with van der Waals surface area (Å²) in [6.07, 6.45) is 1.06. The van der Waals surface area contributed by atoms with E-state index in [1.54, 1.807) is 14.2 Å². The Kier molecular flexibility index (Phi) is 5.26. The van der Waals surface area contributed by atoms with Crippen molar-refractivity contribution in [2.24, 2.45) is 0 Å². The van der Waals surface area contributed by atoms with Crippen molar-refractivity contribution in [3.8, 4) is 11.5 Å². The van der Waals surface area contributed by atoms with Crippen molar-refractivity contribution in [2.75, 3.05) is 31.4 Å². The molecular formula is C16H21N3O2. The SMILES string of the molecule is CCCNc1cccc(Nc2cc(OC)cc(OC)c2)n1. The average molecular weight is 287 g/mol. The number of anilines is 3. The Hall–Kier alpha value is -2.43. The van der Waals surface area contributed by atoms with Crippen molar-refractivity contribution in [3.63, 3.8) is 0 Å². The van der Waals surface area contributed by atoms with Crippen molar-refractivity contribution in [1.29, 1.82) is 0 Å². The third-order valence-electron chi connectivity index (χ3n) is 2.93. The number of methoxy groups -OCH3 is 2. The fourth-order valence-electron chi connectivity index (χ4n) is 1.88. The number of benzene rings is 1. The van der Waals surface area contributed by atoms with Crippen molar-refractivity contribution >= 4 is 17.3 Å². The molecule has 2 aromatic rings. The Labute approximate surface area is 125 Å². The molecule has 0 saturated heterocycles. The topological polar surface area (TPSA) is 55.4 Å². The van der Waals surface area contributed by atoms with E-state index in [-0.39, 0.29) is 0 Å². The Morgan fingerprint density at radius 1 is 1.00 bits per heavy atom. The molecule has 0 saturated carbocycles. The highest BCUT2D eigenvalue weighted by Gasteiger charge is 2.03. The third-order valence-corrected chi connectivity index (χ3v) is 2.93. The van der Waals surface area contributed by atoms with Crippen LogP contribution in [0.4, 0.5) is 17.3 Å². The maximum absolute atomic E-state index is 5.26. The molecular weight excluding hydrogens is 266 g/mol. The maximum Gasteiger partial charge on any atom is 0.132 e. The zero-order chi connectivity index (χ0) is 15.1. The Bertz CT molecular complexity index is 565.